The third kappa shape index (κ3) is 5.97. The molecule has 2 rings (SSSR count). The maximum Gasteiger partial charge on any atom is 0.322 e. The molecule has 0 aromatic heterocycles. The van der Waals surface area contributed by atoms with Crippen molar-refractivity contribution in [1.29, 1.82) is 0 Å². The summed E-state index contributed by atoms with van der Waals surface area (Å²) >= 11 is 0. The quantitative estimate of drug-likeness (QED) is 0.519. The molecule has 0 aliphatic heterocycles. The van der Waals surface area contributed by atoms with E-state index in [0.717, 1.165) is 4.31 Å². The molecule has 0 radical (unpaired) electrons. The number of ether oxygens (including phenoxy) is 1. The van der Waals surface area contributed by atoms with Crippen LogP contribution in [0.15, 0.2) is 59.5 Å². The van der Waals surface area contributed by atoms with Gasteiger partial charge in [0.05, 0.1) is 4.90 Å². The first-order valence-electron chi connectivity index (χ1n) is 8.74. The first-order chi connectivity index (χ1) is 13.6. The maximum atomic E-state index is 12.6. The smallest absolute Gasteiger partial charge is 0.322 e. The molecular formula is C20H22N2O6S. The van der Waals surface area contributed by atoms with Gasteiger partial charge in [-0.25, -0.2) is 8.42 Å². The van der Waals surface area contributed by atoms with Crippen LogP contribution in [0.25, 0.3) is 0 Å². The number of carbonyl (C=O) groups is 3. The van der Waals surface area contributed by atoms with Crippen LogP contribution in [-0.2, 0) is 24.3 Å². The number of hydrogen-bond donors (Lipinski definition) is 1. The van der Waals surface area contributed by atoms with Crippen LogP contribution in [0.1, 0.15) is 24.2 Å². The number of carbonyl (C=O) groups excluding carboxylic acids is 3. The molecule has 2 aromatic rings. The topological polar surface area (TPSA) is 110 Å². The van der Waals surface area contributed by atoms with Crippen LogP contribution in [0, 0.1) is 0 Å². The summed E-state index contributed by atoms with van der Waals surface area (Å²) in [6.07, 6.45) is -1.04. The number of Topliss-reactive ketones (excluding diaryl/α,β-unsaturated/α-hetero) is 1. The summed E-state index contributed by atoms with van der Waals surface area (Å²) in [5, 5.41) is 2.54. The number of rotatable bonds is 8. The van der Waals surface area contributed by atoms with Gasteiger partial charge in [0.15, 0.2) is 6.10 Å². The van der Waals surface area contributed by atoms with E-state index in [-0.39, 0.29) is 16.6 Å². The maximum absolute atomic E-state index is 12.6. The molecule has 2 aromatic carbocycles. The molecule has 9 heteroatoms. The van der Waals surface area contributed by atoms with Crippen molar-refractivity contribution < 1.29 is 27.5 Å². The number of benzene rings is 2. The number of likely N-dealkylation sites (N-methyl/N-ethyl adjacent to an activating group) is 1. The van der Waals surface area contributed by atoms with Crippen molar-refractivity contribution in [1.82, 2.24) is 4.31 Å². The van der Waals surface area contributed by atoms with E-state index in [4.69, 9.17) is 4.74 Å². The molecule has 0 saturated carbocycles. The van der Waals surface area contributed by atoms with Gasteiger partial charge in [-0.3, -0.25) is 14.4 Å². The predicted molar refractivity (Wildman–Crippen MR) is 107 cm³/mol. The molecule has 0 spiro atoms. The Morgan fingerprint density at radius 1 is 1.03 bits per heavy atom. The van der Waals surface area contributed by atoms with E-state index in [0.29, 0.717) is 11.3 Å². The normalized spacial score (nSPS) is 12.3. The predicted octanol–water partition coefficient (Wildman–Crippen LogP) is 2.08. The zero-order chi connectivity index (χ0) is 21.6. The minimum absolute atomic E-state index is 0.0460. The number of ketones is 1. The molecule has 1 N–H and O–H groups in total. The first kappa shape index (κ1) is 22.3. The van der Waals surface area contributed by atoms with Gasteiger partial charge in [0.2, 0.25) is 21.7 Å². The molecule has 1 amide bonds. The minimum Gasteiger partial charge on any atom is -0.453 e. The van der Waals surface area contributed by atoms with Crippen LogP contribution < -0.4 is 5.32 Å². The molecule has 154 valence electrons. The third-order valence-corrected chi connectivity index (χ3v) is 5.79. The summed E-state index contributed by atoms with van der Waals surface area (Å²) in [4.78, 5) is 35.4. The summed E-state index contributed by atoms with van der Waals surface area (Å²) < 4.78 is 31.1. The highest BCUT2D eigenvalue weighted by Gasteiger charge is 2.26. The molecule has 0 bridgehead atoms. The lowest BCUT2D eigenvalue weighted by molar-refractivity contribution is -0.146. The summed E-state index contributed by atoms with van der Waals surface area (Å²) in [7, 11) is -2.71. The number of anilines is 1. The minimum atomic E-state index is -3.95. The van der Waals surface area contributed by atoms with Crippen molar-refractivity contribution in [2.75, 3.05) is 18.9 Å². The molecule has 0 aliphatic rings. The monoisotopic (exact) mass is 418 g/mol. The van der Waals surface area contributed by atoms with Crippen LogP contribution in [-0.4, -0.2) is 50.1 Å². The Hall–Kier alpha value is -3.04. The lowest BCUT2D eigenvalue weighted by atomic mass is 10.1. The van der Waals surface area contributed by atoms with Crippen molar-refractivity contribution in [2.24, 2.45) is 0 Å². The largest absolute Gasteiger partial charge is 0.453 e. The number of amides is 1. The van der Waals surface area contributed by atoms with Crippen LogP contribution >= 0.6 is 0 Å². The van der Waals surface area contributed by atoms with Crippen molar-refractivity contribution in [3.05, 3.63) is 60.2 Å². The van der Waals surface area contributed by atoms with Gasteiger partial charge >= 0.3 is 5.97 Å². The lowest BCUT2D eigenvalue weighted by Gasteiger charge is -2.18. The highest BCUT2D eigenvalue weighted by Crippen LogP contribution is 2.18. The zero-order valence-corrected chi connectivity index (χ0v) is 17.1. The fraction of sp³-hybridized carbons (Fsp3) is 0.250. The van der Waals surface area contributed by atoms with Gasteiger partial charge in [-0.1, -0.05) is 30.3 Å². The molecule has 0 heterocycles. The second kappa shape index (κ2) is 9.44. The molecule has 1 unspecified atom stereocenters. The van der Waals surface area contributed by atoms with Gasteiger partial charge in [-0.2, -0.15) is 4.31 Å². The standard InChI is InChI=1S/C20H22N2O6S/c1-14(20(25)16-7-5-4-6-8-16)28-19(24)13-22(3)29(26,27)18-11-9-17(10-12-18)21-15(2)23/h4-12,14H,13H2,1-3H3,(H,21,23). The lowest BCUT2D eigenvalue weighted by Crippen LogP contribution is -2.35. The Morgan fingerprint density at radius 3 is 2.17 bits per heavy atom. The van der Waals surface area contributed by atoms with Gasteiger partial charge in [0, 0.05) is 25.2 Å². The van der Waals surface area contributed by atoms with Gasteiger partial charge in [0.25, 0.3) is 0 Å². The summed E-state index contributed by atoms with van der Waals surface area (Å²) in [6, 6.07) is 13.9. The summed E-state index contributed by atoms with van der Waals surface area (Å²) in [5.74, 6) is -1.50. The second-order valence-corrected chi connectivity index (χ2v) is 8.37. The number of sulfonamides is 1. The van der Waals surface area contributed by atoms with Crippen LogP contribution in [0.3, 0.4) is 0 Å². The molecular weight excluding hydrogens is 396 g/mol. The van der Waals surface area contributed by atoms with Gasteiger partial charge in [-0.15, -0.1) is 0 Å². The van der Waals surface area contributed by atoms with Crippen molar-refractivity contribution >= 4 is 33.4 Å². The fourth-order valence-electron chi connectivity index (χ4n) is 2.49. The van der Waals surface area contributed by atoms with Crippen molar-refractivity contribution in [2.45, 2.75) is 24.8 Å². The Bertz CT molecular complexity index is 987. The average Bonchev–Trinajstić information content (AvgIpc) is 2.67. The number of esters is 1. The van der Waals surface area contributed by atoms with E-state index >= 15 is 0 Å². The number of nitrogens with one attached hydrogen (secondary N) is 1. The van der Waals surface area contributed by atoms with Gasteiger partial charge in [0.1, 0.15) is 6.54 Å². The molecule has 8 nitrogen and oxygen atoms in total. The van der Waals surface area contributed by atoms with Crippen LogP contribution in [0.4, 0.5) is 5.69 Å². The summed E-state index contributed by atoms with van der Waals surface area (Å²) in [6.45, 7) is 2.22. The zero-order valence-electron chi connectivity index (χ0n) is 16.3. The van der Waals surface area contributed by atoms with E-state index in [1.165, 1.54) is 45.2 Å². The molecule has 0 fully saturated rings. The first-order valence-corrected chi connectivity index (χ1v) is 10.2. The van der Waals surface area contributed by atoms with E-state index in [2.05, 4.69) is 5.32 Å². The molecule has 0 saturated heterocycles. The van der Waals surface area contributed by atoms with Gasteiger partial charge in [-0.05, 0) is 31.2 Å². The summed E-state index contributed by atoms with van der Waals surface area (Å²) in [5.41, 5.74) is 0.847. The highest BCUT2D eigenvalue weighted by molar-refractivity contribution is 7.89. The molecule has 0 aliphatic carbocycles. The third-order valence-electron chi connectivity index (χ3n) is 3.97. The average molecular weight is 418 g/mol. The number of hydrogen-bond acceptors (Lipinski definition) is 6. The van der Waals surface area contributed by atoms with Gasteiger partial charge < -0.3 is 10.1 Å². The SMILES string of the molecule is CC(=O)Nc1ccc(S(=O)(=O)N(C)CC(=O)OC(C)C(=O)c2ccccc2)cc1. The Morgan fingerprint density at radius 2 is 1.62 bits per heavy atom. The highest BCUT2D eigenvalue weighted by atomic mass is 32.2. The van der Waals surface area contributed by atoms with Crippen molar-refractivity contribution in [3.8, 4) is 0 Å². The second-order valence-electron chi connectivity index (χ2n) is 6.33. The van der Waals surface area contributed by atoms with Crippen molar-refractivity contribution in [3.63, 3.8) is 0 Å². The molecule has 29 heavy (non-hydrogen) atoms. The molecule has 1 atom stereocenters. The number of nitrogens with zero attached hydrogens (tertiary/aromatic N) is 1. The van der Waals surface area contributed by atoms with E-state index in [9.17, 15) is 22.8 Å². The van der Waals surface area contributed by atoms with E-state index in [1.54, 1.807) is 30.3 Å². The Kier molecular flexibility index (Phi) is 7.24. The Labute approximate surface area is 169 Å². The Balaban J connectivity index is 2.00. The van der Waals surface area contributed by atoms with Crippen LogP contribution in [0.5, 0.6) is 0 Å². The fourth-order valence-corrected chi connectivity index (χ4v) is 3.60. The van der Waals surface area contributed by atoms with E-state index < -0.39 is 28.6 Å². The van der Waals surface area contributed by atoms with Crippen LogP contribution in [0.2, 0.25) is 0 Å². The van der Waals surface area contributed by atoms with E-state index in [1.807, 2.05) is 0 Å².